The van der Waals surface area contributed by atoms with Crippen LogP contribution < -0.4 is 5.73 Å². The highest BCUT2D eigenvalue weighted by atomic mass is 32.2. The maximum absolute atomic E-state index is 6.02. The normalized spacial score (nSPS) is 27.8. The van der Waals surface area contributed by atoms with Gasteiger partial charge in [0, 0.05) is 31.1 Å². The lowest BCUT2D eigenvalue weighted by atomic mass is 9.73. The molecule has 88 valence electrons. The molecule has 0 unspecified atom stereocenters. The van der Waals surface area contributed by atoms with E-state index in [2.05, 4.69) is 16.7 Å². The van der Waals surface area contributed by atoms with Crippen molar-refractivity contribution < 1.29 is 0 Å². The van der Waals surface area contributed by atoms with Gasteiger partial charge in [-0.25, -0.2) is 0 Å². The lowest BCUT2D eigenvalue weighted by Crippen LogP contribution is -2.46. The zero-order valence-corrected chi connectivity index (χ0v) is 10.5. The van der Waals surface area contributed by atoms with Crippen molar-refractivity contribution in [2.75, 3.05) is 37.7 Å². The average Bonchev–Trinajstić information content (AvgIpc) is 2.32. The van der Waals surface area contributed by atoms with Crippen molar-refractivity contribution in [1.29, 1.82) is 0 Å². The average molecular weight is 228 g/mol. The molecule has 2 fully saturated rings. The highest BCUT2D eigenvalue weighted by molar-refractivity contribution is 7.99. The summed E-state index contributed by atoms with van der Waals surface area (Å²) >= 11 is 2.09. The molecule has 0 aromatic rings. The Balaban J connectivity index is 1.87. The minimum absolute atomic E-state index is 0.472. The SMILES string of the molecule is NCC1(CN2CCSCC2)CCCCC1. The van der Waals surface area contributed by atoms with Crippen LogP contribution in [0.5, 0.6) is 0 Å². The van der Waals surface area contributed by atoms with E-state index in [1.165, 1.54) is 63.2 Å². The summed E-state index contributed by atoms with van der Waals surface area (Å²) in [6.45, 7) is 4.74. The van der Waals surface area contributed by atoms with Crippen molar-refractivity contribution in [2.45, 2.75) is 32.1 Å². The Morgan fingerprint density at radius 1 is 1.07 bits per heavy atom. The maximum atomic E-state index is 6.02. The first-order chi connectivity index (χ1) is 7.35. The summed E-state index contributed by atoms with van der Waals surface area (Å²) in [5, 5.41) is 0. The van der Waals surface area contributed by atoms with Gasteiger partial charge < -0.3 is 10.6 Å². The summed E-state index contributed by atoms with van der Waals surface area (Å²) in [5.41, 5.74) is 6.50. The minimum Gasteiger partial charge on any atom is -0.330 e. The fourth-order valence-electron chi connectivity index (χ4n) is 2.96. The van der Waals surface area contributed by atoms with E-state index in [1.807, 2.05) is 0 Å². The summed E-state index contributed by atoms with van der Waals surface area (Å²) in [7, 11) is 0. The third kappa shape index (κ3) is 3.11. The van der Waals surface area contributed by atoms with Gasteiger partial charge in [-0.15, -0.1) is 0 Å². The topological polar surface area (TPSA) is 29.3 Å². The zero-order valence-electron chi connectivity index (χ0n) is 9.71. The fraction of sp³-hybridized carbons (Fsp3) is 1.00. The van der Waals surface area contributed by atoms with Crippen LogP contribution in [0.3, 0.4) is 0 Å². The number of nitrogens with two attached hydrogens (primary N) is 1. The van der Waals surface area contributed by atoms with E-state index in [9.17, 15) is 0 Å². The van der Waals surface area contributed by atoms with Crippen molar-refractivity contribution in [3.8, 4) is 0 Å². The number of hydrogen-bond donors (Lipinski definition) is 1. The van der Waals surface area contributed by atoms with Crippen LogP contribution in [0.4, 0.5) is 0 Å². The van der Waals surface area contributed by atoms with Gasteiger partial charge in [0.25, 0.3) is 0 Å². The second kappa shape index (κ2) is 5.55. The van der Waals surface area contributed by atoms with E-state index in [4.69, 9.17) is 5.73 Å². The summed E-state index contributed by atoms with van der Waals surface area (Å²) in [6.07, 6.45) is 6.97. The standard InChI is InChI=1S/C12H24N2S/c13-10-12(4-2-1-3-5-12)11-14-6-8-15-9-7-14/h1-11,13H2. The van der Waals surface area contributed by atoms with E-state index < -0.39 is 0 Å². The van der Waals surface area contributed by atoms with Gasteiger partial charge in [0.15, 0.2) is 0 Å². The molecule has 1 heterocycles. The van der Waals surface area contributed by atoms with Gasteiger partial charge in [-0.05, 0) is 24.8 Å². The molecule has 2 N–H and O–H groups in total. The number of nitrogens with zero attached hydrogens (tertiary/aromatic N) is 1. The molecule has 0 aromatic heterocycles. The molecule has 0 spiro atoms. The monoisotopic (exact) mass is 228 g/mol. The van der Waals surface area contributed by atoms with E-state index >= 15 is 0 Å². The molecule has 3 heteroatoms. The van der Waals surface area contributed by atoms with Gasteiger partial charge in [-0.3, -0.25) is 0 Å². The van der Waals surface area contributed by atoms with E-state index in [-0.39, 0.29) is 0 Å². The van der Waals surface area contributed by atoms with E-state index in [0.717, 1.165) is 6.54 Å². The van der Waals surface area contributed by atoms with Crippen LogP contribution in [0.15, 0.2) is 0 Å². The lowest BCUT2D eigenvalue weighted by molar-refractivity contribution is 0.118. The molecular weight excluding hydrogens is 204 g/mol. The molecule has 0 radical (unpaired) electrons. The Morgan fingerprint density at radius 2 is 1.73 bits per heavy atom. The first kappa shape index (κ1) is 11.7. The van der Waals surface area contributed by atoms with Crippen LogP contribution in [0, 0.1) is 5.41 Å². The van der Waals surface area contributed by atoms with Crippen molar-refractivity contribution in [2.24, 2.45) is 11.1 Å². The van der Waals surface area contributed by atoms with Gasteiger partial charge in [0.2, 0.25) is 0 Å². The zero-order chi connectivity index (χ0) is 10.6. The fourth-order valence-corrected chi connectivity index (χ4v) is 3.94. The highest BCUT2D eigenvalue weighted by Crippen LogP contribution is 2.36. The van der Waals surface area contributed by atoms with Gasteiger partial charge in [-0.2, -0.15) is 11.8 Å². The molecule has 0 bridgehead atoms. The van der Waals surface area contributed by atoms with Crippen molar-refractivity contribution >= 4 is 11.8 Å². The van der Waals surface area contributed by atoms with Gasteiger partial charge in [0.1, 0.15) is 0 Å². The molecule has 2 rings (SSSR count). The van der Waals surface area contributed by atoms with Crippen molar-refractivity contribution in [3.05, 3.63) is 0 Å². The summed E-state index contributed by atoms with van der Waals surface area (Å²) in [6, 6.07) is 0. The molecule has 0 atom stereocenters. The smallest absolute Gasteiger partial charge is 0.00729 e. The third-order valence-electron chi connectivity index (χ3n) is 4.01. The molecule has 1 aliphatic heterocycles. The predicted molar refractivity (Wildman–Crippen MR) is 68.3 cm³/mol. The van der Waals surface area contributed by atoms with Crippen LogP contribution in [0.1, 0.15) is 32.1 Å². The second-order valence-electron chi connectivity index (χ2n) is 5.15. The van der Waals surface area contributed by atoms with Gasteiger partial charge in [0.05, 0.1) is 0 Å². The van der Waals surface area contributed by atoms with Crippen molar-refractivity contribution in [3.63, 3.8) is 0 Å². The minimum atomic E-state index is 0.472. The number of rotatable bonds is 3. The van der Waals surface area contributed by atoms with E-state index in [0.29, 0.717) is 5.41 Å². The van der Waals surface area contributed by atoms with Crippen LogP contribution in [-0.2, 0) is 0 Å². The molecule has 2 aliphatic rings. The summed E-state index contributed by atoms with van der Waals surface area (Å²) < 4.78 is 0. The van der Waals surface area contributed by atoms with Gasteiger partial charge in [-0.1, -0.05) is 19.3 Å². The molecule has 15 heavy (non-hydrogen) atoms. The Kier molecular flexibility index (Phi) is 4.35. The molecule has 2 nitrogen and oxygen atoms in total. The molecular formula is C12H24N2S. The maximum Gasteiger partial charge on any atom is 0.00729 e. The summed E-state index contributed by atoms with van der Waals surface area (Å²) in [4.78, 5) is 2.65. The Labute approximate surface area is 98.0 Å². The van der Waals surface area contributed by atoms with Crippen LogP contribution >= 0.6 is 11.8 Å². The Morgan fingerprint density at radius 3 is 2.33 bits per heavy atom. The van der Waals surface area contributed by atoms with E-state index in [1.54, 1.807) is 0 Å². The first-order valence-corrected chi connectivity index (χ1v) is 7.50. The Hall–Kier alpha value is 0.270. The Bertz CT molecular complexity index is 184. The molecule has 1 saturated heterocycles. The molecule has 1 saturated carbocycles. The van der Waals surface area contributed by atoms with Crippen LogP contribution in [-0.4, -0.2) is 42.6 Å². The number of thioether (sulfide) groups is 1. The lowest BCUT2D eigenvalue weighted by Gasteiger charge is -2.41. The highest BCUT2D eigenvalue weighted by Gasteiger charge is 2.32. The molecule has 0 aromatic carbocycles. The predicted octanol–water partition coefficient (Wildman–Crippen LogP) is 1.94. The first-order valence-electron chi connectivity index (χ1n) is 6.35. The molecule has 0 amide bonds. The second-order valence-corrected chi connectivity index (χ2v) is 6.38. The van der Waals surface area contributed by atoms with Crippen molar-refractivity contribution in [1.82, 2.24) is 4.90 Å². The largest absolute Gasteiger partial charge is 0.330 e. The molecule has 1 aliphatic carbocycles. The summed E-state index contributed by atoms with van der Waals surface area (Å²) in [5.74, 6) is 2.64. The van der Waals surface area contributed by atoms with Crippen LogP contribution in [0.25, 0.3) is 0 Å². The van der Waals surface area contributed by atoms with Gasteiger partial charge >= 0.3 is 0 Å². The third-order valence-corrected chi connectivity index (χ3v) is 4.95. The van der Waals surface area contributed by atoms with Crippen LogP contribution in [0.2, 0.25) is 0 Å². The number of hydrogen-bond acceptors (Lipinski definition) is 3. The quantitative estimate of drug-likeness (QED) is 0.800.